The molecule has 2 amide bonds. The van der Waals surface area contributed by atoms with Crippen LogP contribution in [0.5, 0.6) is 0 Å². The molecule has 0 radical (unpaired) electrons. The minimum Gasteiger partial charge on any atom is -0.336 e. The number of urea groups is 1. The number of hydrogen-bond donors (Lipinski definition) is 2. The van der Waals surface area contributed by atoms with E-state index in [0.29, 0.717) is 26.2 Å². The number of aromatic nitrogens is 3. The maximum atomic E-state index is 11.7. The van der Waals surface area contributed by atoms with Crippen LogP contribution in [0.1, 0.15) is 0 Å². The number of anilines is 3. The quantitative estimate of drug-likeness (QED) is 0.360. The van der Waals surface area contributed by atoms with Gasteiger partial charge in [-0.15, -0.1) is 11.3 Å². The van der Waals surface area contributed by atoms with Gasteiger partial charge in [0.1, 0.15) is 0 Å². The van der Waals surface area contributed by atoms with Gasteiger partial charge in [0.05, 0.1) is 17.6 Å². The highest BCUT2D eigenvalue weighted by molar-refractivity contribution is 7.14. The first-order valence-electron chi connectivity index (χ1n) is 8.64. The molecule has 28 heavy (non-hydrogen) atoms. The first kappa shape index (κ1) is 17.8. The van der Waals surface area contributed by atoms with Crippen LogP contribution in [-0.4, -0.2) is 40.4 Å². The second-order valence-electron chi connectivity index (χ2n) is 6.04. The number of azide groups is 1. The zero-order valence-corrected chi connectivity index (χ0v) is 15.6. The number of hydrogen-bond acceptors (Lipinski definition) is 6. The Balaban J connectivity index is 1.41. The average molecular weight is 395 g/mol. The van der Waals surface area contributed by atoms with Crippen LogP contribution in [0.4, 0.5) is 21.3 Å². The molecule has 2 aromatic heterocycles. The van der Waals surface area contributed by atoms with Gasteiger partial charge in [-0.05, 0) is 17.7 Å². The van der Waals surface area contributed by atoms with Crippen LogP contribution in [0.15, 0.2) is 47.2 Å². The van der Waals surface area contributed by atoms with E-state index in [4.69, 9.17) is 5.53 Å². The Labute approximate surface area is 164 Å². The van der Waals surface area contributed by atoms with E-state index in [1.807, 2.05) is 35.8 Å². The molecule has 3 aromatic rings. The lowest BCUT2D eigenvalue weighted by Crippen LogP contribution is -2.27. The Hall–Kier alpha value is -3.56. The molecule has 1 fully saturated rings. The topological polar surface area (TPSA) is 124 Å². The fraction of sp³-hybridized carbons (Fsp3) is 0.235. The summed E-state index contributed by atoms with van der Waals surface area (Å²) in [4.78, 5) is 20.8. The summed E-state index contributed by atoms with van der Waals surface area (Å²) in [7, 11) is 0. The molecule has 1 aliphatic rings. The van der Waals surface area contributed by atoms with Gasteiger partial charge in [-0.1, -0.05) is 17.2 Å². The summed E-state index contributed by atoms with van der Waals surface area (Å²) in [5.74, 6) is 0. The molecule has 1 aromatic carbocycles. The minimum atomic E-state index is -0.0622. The van der Waals surface area contributed by atoms with Crippen molar-refractivity contribution in [2.24, 2.45) is 5.11 Å². The van der Waals surface area contributed by atoms with Crippen LogP contribution in [0, 0.1) is 0 Å². The third kappa shape index (κ3) is 3.90. The molecule has 1 saturated heterocycles. The lowest BCUT2D eigenvalue weighted by Gasteiger charge is -2.14. The molecule has 10 nitrogen and oxygen atoms in total. The van der Waals surface area contributed by atoms with Crippen molar-refractivity contribution in [3.05, 3.63) is 52.5 Å². The highest BCUT2D eigenvalue weighted by Gasteiger charge is 2.20. The standard InChI is InChI=1S/C17H17N9OS/c18-24-20-6-7-25-10-13(9-21-25)22-16-23-15(11-28-16)12-1-3-14(4-2-12)26-8-5-19-17(26)27/h1-4,9-11H,5-8H2,(H,19,27)(H,22,23). The Bertz CT molecular complexity index is 1020. The maximum Gasteiger partial charge on any atom is 0.321 e. The van der Waals surface area contributed by atoms with Gasteiger partial charge in [0.25, 0.3) is 0 Å². The van der Waals surface area contributed by atoms with Crippen molar-refractivity contribution in [2.75, 3.05) is 29.9 Å². The summed E-state index contributed by atoms with van der Waals surface area (Å²) < 4.78 is 1.71. The van der Waals surface area contributed by atoms with E-state index in [1.54, 1.807) is 15.8 Å². The summed E-state index contributed by atoms with van der Waals surface area (Å²) in [6, 6.07) is 7.73. The van der Waals surface area contributed by atoms with E-state index >= 15 is 0 Å². The minimum absolute atomic E-state index is 0.0622. The third-order valence-corrected chi connectivity index (χ3v) is 4.97. The van der Waals surface area contributed by atoms with Gasteiger partial charge in [0.2, 0.25) is 0 Å². The highest BCUT2D eigenvalue weighted by atomic mass is 32.1. The van der Waals surface area contributed by atoms with E-state index in [9.17, 15) is 4.79 Å². The second kappa shape index (κ2) is 7.99. The van der Waals surface area contributed by atoms with Crippen molar-refractivity contribution in [3.8, 4) is 11.3 Å². The second-order valence-corrected chi connectivity index (χ2v) is 6.90. The molecular formula is C17H17N9OS. The summed E-state index contributed by atoms with van der Waals surface area (Å²) in [5, 5.41) is 16.5. The van der Waals surface area contributed by atoms with Gasteiger partial charge in [0, 0.05) is 53.9 Å². The third-order valence-electron chi connectivity index (χ3n) is 4.21. The van der Waals surface area contributed by atoms with Gasteiger partial charge >= 0.3 is 6.03 Å². The van der Waals surface area contributed by atoms with Crippen LogP contribution in [0.3, 0.4) is 0 Å². The number of nitrogens with one attached hydrogen (secondary N) is 2. The number of benzene rings is 1. The van der Waals surface area contributed by atoms with Crippen LogP contribution < -0.4 is 15.5 Å². The van der Waals surface area contributed by atoms with Crippen molar-refractivity contribution in [1.29, 1.82) is 0 Å². The zero-order chi connectivity index (χ0) is 19.3. The number of carbonyl (C=O) groups is 1. The summed E-state index contributed by atoms with van der Waals surface area (Å²) >= 11 is 1.50. The number of carbonyl (C=O) groups excluding carboxylic acids is 1. The number of thiazole rings is 1. The maximum absolute atomic E-state index is 11.7. The summed E-state index contributed by atoms with van der Waals surface area (Å²) in [5.41, 5.74) is 11.8. The van der Waals surface area contributed by atoms with Crippen molar-refractivity contribution in [3.63, 3.8) is 0 Å². The molecule has 0 spiro atoms. The fourth-order valence-electron chi connectivity index (χ4n) is 2.86. The molecule has 142 valence electrons. The molecule has 3 heterocycles. The van der Waals surface area contributed by atoms with E-state index in [1.165, 1.54) is 11.3 Å². The predicted molar refractivity (Wildman–Crippen MR) is 108 cm³/mol. The fourth-order valence-corrected chi connectivity index (χ4v) is 3.60. The Morgan fingerprint density at radius 2 is 2.21 bits per heavy atom. The van der Waals surface area contributed by atoms with Gasteiger partial charge in [-0.2, -0.15) is 5.10 Å². The number of amides is 2. The largest absolute Gasteiger partial charge is 0.336 e. The van der Waals surface area contributed by atoms with Crippen molar-refractivity contribution in [2.45, 2.75) is 6.54 Å². The molecule has 0 unspecified atom stereocenters. The smallest absolute Gasteiger partial charge is 0.321 e. The van der Waals surface area contributed by atoms with E-state index in [2.05, 4.69) is 30.7 Å². The van der Waals surface area contributed by atoms with Crippen LogP contribution >= 0.6 is 11.3 Å². The Kier molecular flexibility index (Phi) is 5.09. The van der Waals surface area contributed by atoms with E-state index in [-0.39, 0.29) is 6.03 Å². The summed E-state index contributed by atoms with van der Waals surface area (Å²) in [6.45, 7) is 2.23. The monoisotopic (exact) mass is 395 g/mol. The first-order chi connectivity index (χ1) is 13.7. The first-order valence-corrected chi connectivity index (χ1v) is 9.52. The molecule has 11 heteroatoms. The lowest BCUT2D eigenvalue weighted by atomic mass is 10.1. The van der Waals surface area contributed by atoms with Crippen LogP contribution in [-0.2, 0) is 6.54 Å². The van der Waals surface area contributed by atoms with Crippen molar-refractivity contribution >= 4 is 33.9 Å². The van der Waals surface area contributed by atoms with Gasteiger partial charge in [0.15, 0.2) is 5.13 Å². The lowest BCUT2D eigenvalue weighted by molar-refractivity contribution is 0.252. The van der Waals surface area contributed by atoms with Crippen molar-refractivity contribution in [1.82, 2.24) is 20.1 Å². The van der Waals surface area contributed by atoms with Gasteiger partial charge in [-0.3, -0.25) is 9.58 Å². The SMILES string of the molecule is [N-]=[N+]=NCCn1cc(Nc2nc(-c3ccc(N4CCNC4=O)cc3)cs2)cn1. The number of nitrogens with zero attached hydrogens (tertiary/aromatic N) is 7. The molecule has 2 N–H and O–H groups in total. The van der Waals surface area contributed by atoms with Crippen molar-refractivity contribution < 1.29 is 4.79 Å². The molecule has 0 bridgehead atoms. The molecule has 0 aliphatic carbocycles. The highest BCUT2D eigenvalue weighted by Crippen LogP contribution is 2.28. The Morgan fingerprint density at radius 3 is 2.96 bits per heavy atom. The molecule has 1 aliphatic heterocycles. The van der Waals surface area contributed by atoms with E-state index < -0.39 is 0 Å². The molecule has 4 rings (SSSR count). The average Bonchev–Trinajstić information content (AvgIpc) is 3.44. The number of rotatable bonds is 7. The van der Waals surface area contributed by atoms with Crippen LogP contribution in [0.25, 0.3) is 21.7 Å². The molecular weight excluding hydrogens is 378 g/mol. The predicted octanol–water partition coefficient (Wildman–Crippen LogP) is 3.59. The van der Waals surface area contributed by atoms with E-state index in [0.717, 1.165) is 27.8 Å². The van der Waals surface area contributed by atoms with Gasteiger partial charge < -0.3 is 10.6 Å². The van der Waals surface area contributed by atoms with Crippen LogP contribution in [0.2, 0.25) is 0 Å². The normalized spacial score (nSPS) is 13.3. The summed E-state index contributed by atoms with van der Waals surface area (Å²) in [6.07, 6.45) is 3.54. The van der Waals surface area contributed by atoms with Gasteiger partial charge in [-0.25, -0.2) is 9.78 Å². The molecule has 0 saturated carbocycles. The zero-order valence-electron chi connectivity index (χ0n) is 14.8. The Morgan fingerprint density at radius 1 is 1.36 bits per heavy atom. The molecule has 0 atom stereocenters.